The van der Waals surface area contributed by atoms with Gasteiger partial charge in [0.25, 0.3) is 0 Å². The predicted molar refractivity (Wildman–Crippen MR) is 73.1 cm³/mol. The zero-order valence-electron chi connectivity index (χ0n) is 10.3. The summed E-state index contributed by atoms with van der Waals surface area (Å²) in [6.07, 6.45) is 5.27. The van der Waals surface area contributed by atoms with Crippen molar-refractivity contribution in [3.8, 4) is 0 Å². The van der Waals surface area contributed by atoms with Crippen LogP contribution in [0.2, 0.25) is 0 Å². The maximum Gasteiger partial charge on any atom is 0.231 e. The Morgan fingerprint density at radius 1 is 1.05 bits per heavy atom. The topological polar surface area (TPSA) is 51.0 Å². The number of rotatable bonds is 2. The fourth-order valence-electron chi connectivity index (χ4n) is 2.76. The van der Waals surface area contributed by atoms with Crippen LogP contribution >= 0.6 is 0 Å². The van der Waals surface area contributed by atoms with Gasteiger partial charge >= 0.3 is 0 Å². The van der Waals surface area contributed by atoms with Crippen molar-refractivity contribution in [2.45, 2.75) is 18.9 Å². The molecule has 4 nitrogen and oxygen atoms in total. The highest BCUT2D eigenvalue weighted by Crippen LogP contribution is 2.26. The highest BCUT2D eigenvalue weighted by Gasteiger charge is 2.21. The number of anilines is 1. The van der Waals surface area contributed by atoms with Gasteiger partial charge in [0.1, 0.15) is 12.1 Å². The lowest BCUT2D eigenvalue weighted by atomic mass is 10.1. The molecule has 3 aromatic rings. The second-order valence-electron chi connectivity index (χ2n) is 4.88. The van der Waals surface area contributed by atoms with E-state index in [-0.39, 0.29) is 0 Å². The van der Waals surface area contributed by atoms with Crippen LogP contribution in [0, 0.1) is 0 Å². The van der Waals surface area contributed by atoms with E-state index < -0.39 is 0 Å². The molecule has 0 radical (unpaired) electrons. The van der Waals surface area contributed by atoms with Gasteiger partial charge in [-0.2, -0.15) is 0 Å². The molecular weight excluding hydrogens is 238 g/mol. The Morgan fingerprint density at radius 2 is 1.84 bits per heavy atom. The van der Waals surface area contributed by atoms with E-state index in [9.17, 15) is 0 Å². The van der Waals surface area contributed by atoms with Crippen molar-refractivity contribution < 1.29 is 4.42 Å². The van der Waals surface area contributed by atoms with Gasteiger partial charge < -0.3 is 9.73 Å². The number of hydrogen-bond acceptors (Lipinski definition) is 4. The predicted octanol–water partition coefficient (Wildman–Crippen LogP) is 2.80. The van der Waals surface area contributed by atoms with Crippen molar-refractivity contribution in [2.75, 3.05) is 5.32 Å². The Morgan fingerprint density at radius 3 is 2.63 bits per heavy atom. The third-order valence-corrected chi connectivity index (χ3v) is 3.65. The molecule has 0 bridgehead atoms. The monoisotopic (exact) mass is 251 g/mol. The maximum absolute atomic E-state index is 5.29. The molecule has 2 aromatic heterocycles. The Balaban J connectivity index is 1.62. The normalized spacial score (nSPS) is 14.7. The summed E-state index contributed by atoms with van der Waals surface area (Å²) in [5, 5.41) is 4.45. The summed E-state index contributed by atoms with van der Waals surface area (Å²) in [7, 11) is 0. The number of fused-ring (bicyclic) bond motifs is 2. The molecule has 94 valence electrons. The third kappa shape index (κ3) is 1.76. The summed E-state index contributed by atoms with van der Waals surface area (Å²) in [6, 6.07) is 10.9. The average molecular weight is 251 g/mol. The zero-order chi connectivity index (χ0) is 12.7. The highest BCUT2D eigenvalue weighted by atomic mass is 16.3. The molecule has 0 saturated heterocycles. The Kier molecular flexibility index (Phi) is 2.27. The summed E-state index contributed by atoms with van der Waals surface area (Å²) < 4.78 is 5.29. The molecule has 0 atom stereocenters. The molecule has 1 aromatic carbocycles. The number of nitrogens with zero attached hydrogens (tertiary/aromatic N) is 2. The first-order valence-electron chi connectivity index (χ1n) is 6.42. The molecule has 0 aliphatic heterocycles. The largest absolute Gasteiger partial charge is 0.446 e. The van der Waals surface area contributed by atoms with E-state index in [1.54, 1.807) is 6.26 Å². The minimum atomic E-state index is 0.394. The molecule has 4 heteroatoms. The SMILES string of the molecule is c1ccc2c(c1)CC(Nc1ncnc3occc13)C2. The third-order valence-electron chi connectivity index (χ3n) is 3.65. The second-order valence-corrected chi connectivity index (χ2v) is 4.88. The summed E-state index contributed by atoms with van der Waals surface area (Å²) in [4.78, 5) is 8.42. The van der Waals surface area contributed by atoms with Gasteiger partial charge in [0.2, 0.25) is 5.71 Å². The van der Waals surface area contributed by atoms with E-state index in [2.05, 4.69) is 39.6 Å². The fourth-order valence-corrected chi connectivity index (χ4v) is 2.76. The van der Waals surface area contributed by atoms with Crippen molar-refractivity contribution in [1.29, 1.82) is 0 Å². The van der Waals surface area contributed by atoms with E-state index in [0.717, 1.165) is 24.0 Å². The van der Waals surface area contributed by atoms with Crippen LogP contribution in [0.25, 0.3) is 11.1 Å². The van der Waals surface area contributed by atoms with Crippen LogP contribution in [0.1, 0.15) is 11.1 Å². The van der Waals surface area contributed by atoms with Gasteiger partial charge in [0.15, 0.2) is 0 Å². The van der Waals surface area contributed by atoms with Crippen molar-refractivity contribution in [3.05, 3.63) is 54.0 Å². The molecule has 0 fully saturated rings. The average Bonchev–Trinajstić information content (AvgIpc) is 3.04. The van der Waals surface area contributed by atoms with Gasteiger partial charge in [-0.3, -0.25) is 0 Å². The highest BCUT2D eigenvalue weighted by molar-refractivity contribution is 5.85. The van der Waals surface area contributed by atoms with Gasteiger partial charge in [-0.05, 0) is 30.0 Å². The van der Waals surface area contributed by atoms with Crippen LogP contribution in [-0.2, 0) is 12.8 Å². The molecule has 4 rings (SSSR count). The van der Waals surface area contributed by atoms with Crippen LogP contribution < -0.4 is 5.32 Å². The molecule has 2 heterocycles. The summed E-state index contributed by atoms with van der Waals surface area (Å²) in [5.41, 5.74) is 3.49. The van der Waals surface area contributed by atoms with Gasteiger partial charge in [0.05, 0.1) is 11.6 Å². The van der Waals surface area contributed by atoms with Gasteiger partial charge in [-0.25, -0.2) is 9.97 Å². The molecule has 1 aliphatic rings. The van der Waals surface area contributed by atoms with E-state index in [1.165, 1.54) is 17.5 Å². The van der Waals surface area contributed by atoms with Gasteiger partial charge in [-0.1, -0.05) is 24.3 Å². The van der Waals surface area contributed by atoms with Crippen molar-refractivity contribution in [3.63, 3.8) is 0 Å². The second kappa shape index (κ2) is 4.09. The molecule has 0 spiro atoms. The smallest absolute Gasteiger partial charge is 0.231 e. The lowest BCUT2D eigenvalue weighted by Gasteiger charge is -2.12. The molecule has 1 N–H and O–H groups in total. The summed E-state index contributed by atoms with van der Waals surface area (Å²) in [5.74, 6) is 0.858. The quantitative estimate of drug-likeness (QED) is 0.761. The Labute approximate surface area is 110 Å². The standard InChI is InChI=1S/C15H13N3O/c1-2-4-11-8-12(7-10(11)3-1)18-14-13-5-6-19-15(13)17-9-16-14/h1-6,9,12H,7-8H2,(H,16,17,18). The molecular formula is C15H13N3O. The number of nitrogens with one attached hydrogen (secondary N) is 1. The Hall–Kier alpha value is -2.36. The number of benzene rings is 1. The molecule has 0 unspecified atom stereocenters. The molecule has 19 heavy (non-hydrogen) atoms. The van der Waals surface area contributed by atoms with E-state index >= 15 is 0 Å². The lowest BCUT2D eigenvalue weighted by molar-refractivity contribution is 0.602. The fraction of sp³-hybridized carbons (Fsp3) is 0.200. The first-order valence-corrected chi connectivity index (χ1v) is 6.42. The van der Waals surface area contributed by atoms with Crippen LogP contribution in [-0.4, -0.2) is 16.0 Å². The summed E-state index contributed by atoms with van der Waals surface area (Å²) >= 11 is 0. The molecule has 1 aliphatic carbocycles. The van der Waals surface area contributed by atoms with Crippen LogP contribution in [0.3, 0.4) is 0 Å². The summed E-state index contributed by atoms with van der Waals surface area (Å²) in [6.45, 7) is 0. The van der Waals surface area contributed by atoms with Gasteiger partial charge in [-0.15, -0.1) is 0 Å². The van der Waals surface area contributed by atoms with Crippen LogP contribution in [0.15, 0.2) is 47.3 Å². The van der Waals surface area contributed by atoms with Crippen molar-refractivity contribution >= 4 is 16.9 Å². The molecule has 0 saturated carbocycles. The first kappa shape index (κ1) is 10.6. The van der Waals surface area contributed by atoms with Gasteiger partial charge in [0, 0.05) is 6.04 Å². The van der Waals surface area contributed by atoms with Crippen LogP contribution in [0.5, 0.6) is 0 Å². The van der Waals surface area contributed by atoms with E-state index in [0.29, 0.717) is 11.8 Å². The number of aromatic nitrogens is 2. The minimum Gasteiger partial charge on any atom is -0.446 e. The first-order chi connectivity index (χ1) is 9.40. The number of hydrogen-bond donors (Lipinski definition) is 1. The zero-order valence-corrected chi connectivity index (χ0v) is 10.3. The number of furan rings is 1. The van der Waals surface area contributed by atoms with Crippen LogP contribution in [0.4, 0.5) is 5.82 Å². The van der Waals surface area contributed by atoms with Crippen molar-refractivity contribution in [1.82, 2.24) is 9.97 Å². The van der Waals surface area contributed by atoms with E-state index in [4.69, 9.17) is 4.42 Å². The maximum atomic E-state index is 5.29. The Bertz CT molecular complexity index is 710. The minimum absolute atomic E-state index is 0.394. The van der Waals surface area contributed by atoms with Crippen molar-refractivity contribution in [2.24, 2.45) is 0 Å². The molecule has 0 amide bonds. The lowest BCUT2D eigenvalue weighted by Crippen LogP contribution is -2.20. The van der Waals surface area contributed by atoms with E-state index in [1.807, 2.05) is 6.07 Å².